The molecule has 0 heterocycles. The molecule has 0 radical (unpaired) electrons. The van der Waals surface area contributed by atoms with Gasteiger partial charge in [0.25, 0.3) is 0 Å². The van der Waals surface area contributed by atoms with Gasteiger partial charge in [-0.05, 0) is 49.8 Å². The molecule has 21 heavy (non-hydrogen) atoms. The number of benzene rings is 1. The first-order chi connectivity index (χ1) is 10.1. The standard InChI is InChI=1S/C16H20N2O3/c1-11-7-8-13(15(19)20)9-14(11)18-16(21)17-10-12-5-3-2-4-6-12/h2-3,7-9,12H,4-6,10H2,1H3,(H,19,20)(H2,17,18,21). The van der Waals surface area contributed by atoms with Crippen LogP contribution in [-0.4, -0.2) is 23.7 Å². The Labute approximate surface area is 124 Å². The summed E-state index contributed by atoms with van der Waals surface area (Å²) in [6.45, 7) is 2.46. The Bertz CT molecular complexity index is 567. The van der Waals surface area contributed by atoms with E-state index >= 15 is 0 Å². The van der Waals surface area contributed by atoms with Gasteiger partial charge in [-0.3, -0.25) is 0 Å². The Morgan fingerprint density at radius 1 is 1.33 bits per heavy atom. The molecule has 2 rings (SSSR count). The van der Waals surface area contributed by atoms with Gasteiger partial charge in [0.2, 0.25) is 0 Å². The lowest BCUT2D eigenvalue weighted by Gasteiger charge is -2.18. The number of carboxylic acid groups (broad SMARTS) is 1. The molecule has 0 bridgehead atoms. The lowest BCUT2D eigenvalue weighted by atomic mass is 9.94. The average Bonchev–Trinajstić information content (AvgIpc) is 2.48. The minimum absolute atomic E-state index is 0.160. The van der Waals surface area contributed by atoms with Crippen molar-refractivity contribution in [3.05, 3.63) is 41.5 Å². The Kier molecular flexibility index (Phi) is 4.98. The maximum absolute atomic E-state index is 11.9. The van der Waals surface area contributed by atoms with E-state index < -0.39 is 5.97 Å². The number of anilines is 1. The van der Waals surface area contributed by atoms with E-state index in [-0.39, 0.29) is 11.6 Å². The summed E-state index contributed by atoms with van der Waals surface area (Å²) in [5.74, 6) is -0.528. The molecule has 5 nitrogen and oxygen atoms in total. The number of carbonyl (C=O) groups excluding carboxylic acids is 1. The molecule has 0 saturated heterocycles. The van der Waals surface area contributed by atoms with Gasteiger partial charge in [-0.25, -0.2) is 9.59 Å². The molecule has 0 spiro atoms. The molecular weight excluding hydrogens is 268 g/mol. The van der Waals surface area contributed by atoms with Gasteiger partial charge in [0.05, 0.1) is 5.56 Å². The van der Waals surface area contributed by atoms with Gasteiger partial charge in [0.1, 0.15) is 0 Å². The molecule has 1 aliphatic carbocycles. The quantitative estimate of drug-likeness (QED) is 0.745. The maximum atomic E-state index is 11.9. The average molecular weight is 288 g/mol. The van der Waals surface area contributed by atoms with Gasteiger partial charge in [0.15, 0.2) is 0 Å². The molecule has 2 amide bonds. The van der Waals surface area contributed by atoms with E-state index in [1.807, 2.05) is 6.92 Å². The van der Waals surface area contributed by atoms with Crippen molar-refractivity contribution in [2.45, 2.75) is 26.2 Å². The van der Waals surface area contributed by atoms with E-state index in [0.717, 1.165) is 24.8 Å². The third-order valence-electron chi connectivity index (χ3n) is 3.66. The molecule has 112 valence electrons. The second kappa shape index (κ2) is 6.92. The van der Waals surface area contributed by atoms with Crippen LogP contribution in [0.25, 0.3) is 0 Å². The van der Waals surface area contributed by atoms with Crippen LogP contribution in [0.3, 0.4) is 0 Å². The highest BCUT2D eigenvalue weighted by Crippen LogP contribution is 2.18. The van der Waals surface area contributed by atoms with Gasteiger partial charge in [-0.2, -0.15) is 0 Å². The summed E-state index contributed by atoms with van der Waals surface area (Å²) >= 11 is 0. The molecule has 1 unspecified atom stereocenters. The number of carboxylic acids is 1. The smallest absolute Gasteiger partial charge is 0.335 e. The van der Waals surface area contributed by atoms with Crippen molar-refractivity contribution in [3.8, 4) is 0 Å². The summed E-state index contributed by atoms with van der Waals surface area (Å²) in [5.41, 5.74) is 1.51. The fraction of sp³-hybridized carbons (Fsp3) is 0.375. The number of nitrogens with one attached hydrogen (secondary N) is 2. The zero-order valence-corrected chi connectivity index (χ0v) is 12.1. The van der Waals surface area contributed by atoms with Crippen LogP contribution in [0.4, 0.5) is 10.5 Å². The van der Waals surface area contributed by atoms with Crippen molar-refractivity contribution >= 4 is 17.7 Å². The molecule has 5 heteroatoms. The molecule has 1 aromatic carbocycles. The number of carbonyl (C=O) groups is 2. The van der Waals surface area contributed by atoms with Crippen LogP contribution in [0.15, 0.2) is 30.4 Å². The van der Waals surface area contributed by atoms with Crippen LogP contribution < -0.4 is 10.6 Å². The molecular formula is C16H20N2O3. The van der Waals surface area contributed by atoms with Gasteiger partial charge in [-0.15, -0.1) is 0 Å². The SMILES string of the molecule is Cc1ccc(C(=O)O)cc1NC(=O)NCC1CC=CCC1. The summed E-state index contributed by atoms with van der Waals surface area (Å²) < 4.78 is 0. The highest BCUT2D eigenvalue weighted by molar-refractivity contribution is 5.93. The summed E-state index contributed by atoms with van der Waals surface area (Å²) in [7, 11) is 0. The number of rotatable bonds is 4. The summed E-state index contributed by atoms with van der Waals surface area (Å²) in [5, 5.41) is 14.5. The van der Waals surface area contributed by atoms with E-state index in [9.17, 15) is 9.59 Å². The first kappa shape index (κ1) is 15.1. The number of aryl methyl sites for hydroxylation is 1. The molecule has 1 aliphatic rings. The number of allylic oxidation sites excluding steroid dienone is 2. The van der Waals surface area contributed by atoms with E-state index in [2.05, 4.69) is 22.8 Å². The molecule has 0 fully saturated rings. The summed E-state index contributed by atoms with van der Waals surface area (Å²) in [4.78, 5) is 22.8. The van der Waals surface area contributed by atoms with Crippen molar-refractivity contribution in [1.29, 1.82) is 0 Å². The number of aromatic carboxylic acids is 1. The predicted molar refractivity (Wildman–Crippen MR) is 81.6 cm³/mol. The third-order valence-corrected chi connectivity index (χ3v) is 3.66. The zero-order valence-electron chi connectivity index (χ0n) is 12.1. The maximum Gasteiger partial charge on any atom is 0.335 e. The van der Waals surface area contributed by atoms with E-state index in [1.165, 1.54) is 12.1 Å². The summed E-state index contributed by atoms with van der Waals surface area (Å²) in [6.07, 6.45) is 7.46. The third kappa shape index (κ3) is 4.34. The van der Waals surface area contributed by atoms with E-state index in [0.29, 0.717) is 18.2 Å². The van der Waals surface area contributed by atoms with Crippen LogP contribution in [0.5, 0.6) is 0 Å². The van der Waals surface area contributed by atoms with E-state index in [1.54, 1.807) is 6.07 Å². The monoisotopic (exact) mass is 288 g/mol. The Balaban J connectivity index is 1.91. The van der Waals surface area contributed by atoms with E-state index in [4.69, 9.17) is 5.11 Å². The van der Waals surface area contributed by atoms with Crippen molar-refractivity contribution in [3.63, 3.8) is 0 Å². The van der Waals surface area contributed by atoms with Crippen LogP contribution in [0, 0.1) is 12.8 Å². The lowest BCUT2D eigenvalue weighted by Crippen LogP contribution is -2.33. The minimum atomic E-state index is -1.01. The van der Waals surface area contributed by atoms with Gasteiger partial charge in [0, 0.05) is 12.2 Å². The summed E-state index contributed by atoms with van der Waals surface area (Å²) in [6, 6.07) is 4.39. The first-order valence-electron chi connectivity index (χ1n) is 7.10. The van der Waals surface area contributed by atoms with Crippen molar-refractivity contribution in [2.75, 3.05) is 11.9 Å². The highest BCUT2D eigenvalue weighted by Gasteiger charge is 2.12. The molecule has 0 aromatic heterocycles. The van der Waals surface area contributed by atoms with Gasteiger partial charge >= 0.3 is 12.0 Å². The molecule has 3 N–H and O–H groups in total. The Morgan fingerprint density at radius 2 is 2.14 bits per heavy atom. The van der Waals surface area contributed by atoms with Crippen molar-refractivity contribution < 1.29 is 14.7 Å². The first-order valence-corrected chi connectivity index (χ1v) is 7.10. The molecule has 1 atom stereocenters. The normalized spacial score (nSPS) is 17.3. The van der Waals surface area contributed by atoms with Crippen LogP contribution >= 0.6 is 0 Å². The molecule has 1 aromatic rings. The Hall–Kier alpha value is -2.30. The second-order valence-corrected chi connectivity index (χ2v) is 5.32. The van der Waals surface area contributed by atoms with Gasteiger partial charge < -0.3 is 15.7 Å². The van der Waals surface area contributed by atoms with Crippen molar-refractivity contribution in [1.82, 2.24) is 5.32 Å². The topological polar surface area (TPSA) is 78.4 Å². The highest BCUT2D eigenvalue weighted by atomic mass is 16.4. The minimum Gasteiger partial charge on any atom is -0.478 e. The fourth-order valence-corrected chi connectivity index (χ4v) is 2.33. The van der Waals surface area contributed by atoms with Crippen LogP contribution in [0.2, 0.25) is 0 Å². The van der Waals surface area contributed by atoms with Crippen LogP contribution in [-0.2, 0) is 0 Å². The predicted octanol–water partition coefficient (Wildman–Crippen LogP) is 3.17. The largest absolute Gasteiger partial charge is 0.478 e. The lowest BCUT2D eigenvalue weighted by molar-refractivity contribution is 0.0697. The number of hydrogen-bond acceptors (Lipinski definition) is 2. The van der Waals surface area contributed by atoms with Crippen molar-refractivity contribution in [2.24, 2.45) is 5.92 Å². The number of amides is 2. The number of hydrogen-bond donors (Lipinski definition) is 3. The van der Waals surface area contributed by atoms with Crippen LogP contribution in [0.1, 0.15) is 35.2 Å². The molecule has 0 aliphatic heterocycles. The Morgan fingerprint density at radius 3 is 2.81 bits per heavy atom. The van der Waals surface area contributed by atoms with Gasteiger partial charge in [-0.1, -0.05) is 18.2 Å². The zero-order chi connectivity index (χ0) is 15.2. The molecule has 0 saturated carbocycles. The fourth-order valence-electron chi connectivity index (χ4n) is 2.33. The second-order valence-electron chi connectivity index (χ2n) is 5.32. The number of urea groups is 1.